The van der Waals surface area contributed by atoms with Crippen LogP contribution in [0.2, 0.25) is 0 Å². The quantitative estimate of drug-likeness (QED) is 0.249. The zero-order valence-corrected chi connectivity index (χ0v) is 17.1. The van der Waals surface area contributed by atoms with Gasteiger partial charge in [0.1, 0.15) is 34.0 Å². The van der Waals surface area contributed by atoms with E-state index in [1.54, 1.807) is 0 Å². The summed E-state index contributed by atoms with van der Waals surface area (Å²) in [6.07, 6.45) is 0. The molecule has 10 heteroatoms. The van der Waals surface area contributed by atoms with E-state index in [-0.39, 0.29) is 33.6 Å². The maximum Gasteiger partial charge on any atom is 0.343 e. The molecular weight excluding hydrogens is 453 g/mol. The zero-order chi connectivity index (χ0) is 24.9. The lowest BCUT2D eigenvalue weighted by Crippen LogP contribution is -2.23. The highest BCUT2D eigenvalue weighted by molar-refractivity contribution is 6.08. The minimum absolute atomic E-state index is 0.0104. The SMILES string of the molecule is [C-]#[N+]C(C)(C#N)c1c(F)c(F)c(C(=O)O)c(-c2c3ccc(=O)cc-3oc3cc(O)ccc23)c1F. The first-order chi connectivity index (χ1) is 16.0. The van der Waals surface area contributed by atoms with E-state index < -0.39 is 51.1 Å². The maximum absolute atomic E-state index is 16.0. The summed E-state index contributed by atoms with van der Waals surface area (Å²) < 4.78 is 51.6. The predicted molar refractivity (Wildman–Crippen MR) is 113 cm³/mol. The number of benzene rings is 3. The first kappa shape index (κ1) is 22.4. The van der Waals surface area contributed by atoms with Crippen molar-refractivity contribution in [2.75, 3.05) is 0 Å². The molecule has 2 N–H and O–H groups in total. The molecule has 0 saturated carbocycles. The van der Waals surface area contributed by atoms with Gasteiger partial charge in [-0.1, -0.05) is 0 Å². The van der Waals surface area contributed by atoms with Crippen molar-refractivity contribution in [3.63, 3.8) is 0 Å². The first-order valence-corrected chi connectivity index (χ1v) is 9.48. The fourth-order valence-electron chi connectivity index (χ4n) is 3.79. The Bertz CT molecular complexity index is 1630. The zero-order valence-electron chi connectivity index (χ0n) is 17.1. The van der Waals surface area contributed by atoms with Gasteiger partial charge in [-0.2, -0.15) is 5.26 Å². The molecule has 1 heterocycles. The van der Waals surface area contributed by atoms with Gasteiger partial charge in [-0.25, -0.2) is 24.5 Å². The van der Waals surface area contributed by atoms with Gasteiger partial charge in [-0.05, 0) is 24.3 Å². The fourth-order valence-corrected chi connectivity index (χ4v) is 3.79. The van der Waals surface area contributed by atoms with Gasteiger partial charge in [0.05, 0.1) is 0 Å². The molecule has 34 heavy (non-hydrogen) atoms. The van der Waals surface area contributed by atoms with Crippen LogP contribution in [0.25, 0.3) is 38.3 Å². The Morgan fingerprint density at radius 1 is 1.12 bits per heavy atom. The van der Waals surface area contributed by atoms with Crippen molar-refractivity contribution in [1.82, 2.24) is 0 Å². The third-order valence-corrected chi connectivity index (χ3v) is 5.39. The minimum Gasteiger partial charge on any atom is -0.508 e. The molecule has 1 aliphatic heterocycles. The molecule has 1 atom stereocenters. The Morgan fingerprint density at radius 2 is 1.82 bits per heavy atom. The van der Waals surface area contributed by atoms with Crippen LogP contribution < -0.4 is 5.43 Å². The third-order valence-electron chi connectivity index (χ3n) is 5.39. The second kappa shape index (κ2) is 7.64. The smallest absolute Gasteiger partial charge is 0.343 e. The topological polar surface area (TPSA) is 116 Å². The van der Waals surface area contributed by atoms with Crippen LogP contribution in [0.1, 0.15) is 22.8 Å². The van der Waals surface area contributed by atoms with Crippen molar-refractivity contribution in [1.29, 1.82) is 5.26 Å². The standard InChI is InChI=1S/C24H11F3N2O5/c1-24(9-28,29-2)19-20(25)17(18(23(32)33)21(26)22(19)27)16-12-5-3-10(30)7-14(12)34-15-8-11(31)4-6-13(15)16/h3-8,30H,1H3,(H,32,33). The van der Waals surface area contributed by atoms with Crippen LogP contribution in [0, 0.1) is 35.4 Å². The Hall–Kier alpha value is -4.83. The first-order valence-electron chi connectivity index (χ1n) is 9.48. The van der Waals surface area contributed by atoms with E-state index in [4.69, 9.17) is 11.0 Å². The lowest BCUT2D eigenvalue weighted by molar-refractivity contribution is 0.0690. The molecule has 0 aromatic heterocycles. The van der Waals surface area contributed by atoms with E-state index in [9.17, 15) is 29.5 Å². The number of carboxylic acid groups (broad SMARTS) is 1. The van der Waals surface area contributed by atoms with E-state index in [0.29, 0.717) is 0 Å². The number of aromatic carboxylic acids is 1. The molecule has 0 bridgehead atoms. The minimum atomic E-state index is -2.52. The molecule has 0 radical (unpaired) electrons. The number of phenols is 1. The number of carbonyl (C=O) groups is 1. The fraction of sp³-hybridized carbons (Fsp3) is 0.0833. The number of nitriles is 1. The van der Waals surface area contributed by atoms with Crippen LogP contribution in [0.5, 0.6) is 5.75 Å². The van der Waals surface area contributed by atoms with Crippen LogP contribution in [0.4, 0.5) is 13.2 Å². The molecule has 7 nitrogen and oxygen atoms in total. The number of aromatic hydroxyl groups is 1. The summed E-state index contributed by atoms with van der Waals surface area (Å²) in [5.41, 5.74) is -7.07. The third kappa shape index (κ3) is 3.12. The Kier molecular flexibility index (Phi) is 5.03. The molecule has 4 rings (SSSR count). The summed E-state index contributed by atoms with van der Waals surface area (Å²) in [6.45, 7) is 8.10. The van der Waals surface area contributed by atoms with Crippen LogP contribution >= 0.6 is 0 Å². The number of hydrogen-bond donors (Lipinski definition) is 2. The molecule has 1 aliphatic carbocycles. The van der Waals surface area contributed by atoms with Gasteiger partial charge < -0.3 is 14.6 Å². The van der Waals surface area contributed by atoms with Crippen LogP contribution in [0.15, 0.2) is 45.6 Å². The number of carboxylic acids is 1. The van der Waals surface area contributed by atoms with Crippen LogP contribution in [0.3, 0.4) is 0 Å². The van der Waals surface area contributed by atoms with Crippen molar-refractivity contribution in [3.05, 3.63) is 86.6 Å². The molecule has 2 aromatic carbocycles. The molecule has 0 amide bonds. The normalized spacial score (nSPS) is 12.8. The van der Waals surface area contributed by atoms with Gasteiger partial charge in [-0.15, -0.1) is 0 Å². The predicted octanol–water partition coefficient (Wildman–Crippen LogP) is 5.04. The summed E-state index contributed by atoms with van der Waals surface area (Å²) in [5, 5.41) is 28.9. The largest absolute Gasteiger partial charge is 0.508 e. The second-order valence-corrected chi connectivity index (χ2v) is 7.48. The van der Waals surface area contributed by atoms with Crippen LogP contribution in [-0.4, -0.2) is 16.2 Å². The van der Waals surface area contributed by atoms with Gasteiger partial charge in [0.25, 0.3) is 0 Å². The van der Waals surface area contributed by atoms with E-state index in [0.717, 1.165) is 25.1 Å². The Labute approximate surface area is 188 Å². The van der Waals surface area contributed by atoms with E-state index in [1.807, 2.05) is 0 Å². The number of halogens is 3. The molecule has 2 aliphatic rings. The van der Waals surface area contributed by atoms with Gasteiger partial charge in [0.2, 0.25) is 0 Å². The average molecular weight is 464 g/mol. The van der Waals surface area contributed by atoms with Gasteiger partial charge in [-0.3, -0.25) is 9.64 Å². The summed E-state index contributed by atoms with van der Waals surface area (Å²) in [5.74, 6) is -8.03. The molecule has 0 fully saturated rings. The summed E-state index contributed by atoms with van der Waals surface area (Å²) in [6, 6.07) is 8.22. The molecular formula is C24H11F3N2O5. The summed E-state index contributed by atoms with van der Waals surface area (Å²) in [7, 11) is 0. The van der Waals surface area contributed by atoms with E-state index in [1.165, 1.54) is 24.3 Å². The number of nitrogens with zero attached hydrogens (tertiary/aromatic N) is 2. The highest BCUT2D eigenvalue weighted by atomic mass is 19.2. The molecule has 1 unspecified atom stereocenters. The lowest BCUT2D eigenvalue weighted by Gasteiger charge is -2.21. The monoisotopic (exact) mass is 464 g/mol. The highest BCUT2D eigenvalue weighted by Gasteiger charge is 2.44. The highest BCUT2D eigenvalue weighted by Crippen LogP contribution is 2.46. The molecule has 0 spiro atoms. The van der Waals surface area contributed by atoms with Gasteiger partial charge in [0.15, 0.2) is 23.1 Å². The van der Waals surface area contributed by atoms with Gasteiger partial charge >= 0.3 is 11.5 Å². The Balaban J connectivity index is 2.35. The van der Waals surface area contributed by atoms with E-state index >= 15 is 8.78 Å². The van der Waals surface area contributed by atoms with Crippen molar-refractivity contribution in [2.45, 2.75) is 12.5 Å². The number of rotatable bonds is 3. The molecule has 168 valence electrons. The van der Waals surface area contributed by atoms with E-state index in [2.05, 4.69) is 4.85 Å². The summed E-state index contributed by atoms with van der Waals surface area (Å²) in [4.78, 5) is 26.8. The number of hydrogen-bond acceptors (Lipinski definition) is 5. The van der Waals surface area contributed by atoms with Crippen molar-refractivity contribution < 1.29 is 32.6 Å². The van der Waals surface area contributed by atoms with Crippen LogP contribution in [-0.2, 0) is 5.54 Å². The number of phenolic OH excluding ortho intramolecular Hbond substituents is 1. The van der Waals surface area contributed by atoms with Crippen molar-refractivity contribution in [3.8, 4) is 34.3 Å². The number of fused-ring (bicyclic) bond motifs is 2. The molecule has 0 saturated heterocycles. The van der Waals surface area contributed by atoms with Crippen molar-refractivity contribution in [2.24, 2.45) is 0 Å². The summed E-state index contributed by atoms with van der Waals surface area (Å²) >= 11 is 0. The average Bonchev–Trinajstić information content (AvgIpc) is 2.79. The molecule has 2 aromatic rings. The maximum atomic E-state index is 16.0. The van der Waals surface area contributed by atoms with Gasteiger partial charge in [0, 0.05) is 41.1 Å². The van der Waals surface area contributed by atoms with Crippen molar-refractivity contribution >= 4 is 16.9 Å². The second-order valence-electron chi connectivity index (χ2n) is 7.48. The lowest BCUT2D eigenvalue weighted by atomic mass is 9.84. The Morgan fingerprint density at radius 3 is 2.44 bits per heavy atom.